The molecule has 6 rings (SSSR count). The molecule has 9 heteroatoms. The molecule has 0 atom stereocenters. The molecule has 0 aliphatic heterocycles. The van der Waals surface area contributed by atoms with Gasteiger partial charge in [0.05, 0.1) is 23.3 Å². The summed E-state index contributed by atoms with van der Waals surface area (Å²) in [6.45, 7) is 0. The summed E-state index contributed by atoms with van der Waals surface area (Å²) < 4.78 is 35.8. The van der Waals surface area contributed by atoms with Crippen LogP contribution in [-0.2, 0) is 14.8 Å². The lowest BCUT2D eigenvalue weighted by Crippen LogP contribution is -2.59. The molecule has 168 valence electrons. The minimum atomic E-state index is -3.69. The fourth-order valence-electron chi connectivity index (χ4n) is 6.48. The van der Waals surface area contributed by atoms with E-state index in [2.05, 4.69) is 4.72 Å². The van der Waals surface area contributed by atoms with Crippen LogP contribution in [0.4, 0.5) is 5.69 Å². The van der Waals surface area contributed by atoms with Crippen molar-refractivity contribution in [3.8, 4) is 11.8 Å². The highest BCUT2D eigenvalue weighted by atomic mass is 32.2. The van der Waals surface area contributed by atoms with Gasteiger partial charge in [0, 0.05) is 17.4 Å². The molecule has 1 aromatic heterocycles. The largest absolute Gasteiger partial charge is 0.464 e. The number of sulfonamides is 1. The molecule has 32 heavy (non-hydrogen) atoms. The van der Waals surface area contributed by atoms with Crippen molar-refractivity contribution >= 4 is 21.7 Å². The third kappa shape index (κ3) is 3.38. The number of nitrogen functional groups attached to an aromatic ring is 1. The number of nitrogens with one attached hydrogen (secondary N) is 1. The molecule has 4 bridgehead atoms. The van der Waals surface area contributed by atoms with Gasteiger partial charge in [0.1, 0.15) is 6.07 Å². The standard InChI is InChI=1S/C23H26N4O4S/c1-31-22(28)21-20(25)17(12-24)13-27(21)18-2-4-19(5-3-18)32(29,30)26-23-9-14-6-15(10-23)8-16(7-14)11-23/h2-5,13-16,26H,6-11,25H2,1H3. The first-order chi connectivity index (χ1) is 15.2. The lowest BCUT2D eigenvalue weighted by molar-refractivity contribution is -0.00810. The van der Waals surface area contributed by atoms with Gasteiger partial charge in [-0.2, -0.15) is 5.26 Å². The Morgan fingerprint density at radius 2 is 1.72 bits per heavy atom. The van der Waals surface area contributed by atoms with Crippen molar-refractivity contribution in [3.05, 3.63) is 41.7 Å². The van der Waals surface area contributed by atoms with Crippen molar-refractivity contribution in [2.24, 2.45) is 17.8 Å². The van der Waals surface area contributed by atoms with Gasteiger partial charge in [0.15, 0.2) is 5.69 Å². The van der Waals surface area contributed by atoms with Gasteiger partial charge in [-0.05, 0) is 80.5 Å². The maximum atomic E-state index is 13.2. The zero-order valence-electron chi connectivity index (χ0n) is 17.9. The molecule has 2 aromatic rings. The first-order valence-corrected chi connectivity index (χ1v) is 12.4. The van der Waals surface area contributed by atoms with Gasteiger partial charge in [0.25, 0.3) is 0 Å². The Morgan fingerprint density at radius 1 is 1.16 bits per heavy atom. The minimum absolute atomic E-state index is 0.0273. The van der Waals surface area contributed by atoms with Crippen LogP contribution in [0.1, 0.15) is 54.6 Å². The molecular weight excluding hydrogens is 428 g/mol. The number of carbonyl (C=O) groups excluding carboxylic acids is 1. The number of nitriles is 1. The summed E-state index contributed by atoms with van der Waals surface area (Å²) in [5, 5.41) is 9.27. The molecule has 1 aromatic carbocycles. The summed E-state index contributed by atoms with van der Waals surface area (Å²) in [7, 11) is -2.46. The Morgan fingerprint density at radius 3 is 2.22 bits per heavy atom. The van der Waals surface area contributed by atoms with E-state index in [0.717, 1.165) is 19.3 Å². The van der Waals surface area contributed by atoms with Gasteiger partial charge >= 0.3 is 5.97 Å². The summed E-state index contributed by atoms with van der Waals surface area (Å²) in [4.78, 5) is 12.4. The second-order valence-corrected chi connectivity index (χ2v) is 11.3. The molecule has 4 saturated carbocycles. The number of rotatable bonds is 5. The van der Waals surface area contributed by atoms with Crippen molar-refractivity contribution in [2.45, 2.75) is 49.0 Å². The number of hydrogen-bond donors (Lipinski definition) is 2. The van der Waals surface area contributed by atoms with Crippen LogP contribution in [0.3, 0.4) is 0 Å². The third-order valence-electron chi connectivity index (χ3n) is 7.36. The predicted octanol–water partition coefficient (Wildman–Crippen LogP) is 2.96. The van der Waals surface area contributed by atoms with Crippen LogP contribution in [0, 0.1) is 29.1 Å². The van der Waals surface area contributed by atoms with Gasteiger partial charge in [0.2, 0.25) is 10.0 Å². The molecule has 3 N–H and O–H groups in total. The van der Waals surface area contributed by atoms with Gasteiger partial charge in [-0.3, -0.25) is 0 Å². The van der Waals surface area contributed by atoms with Gasteiger partial charge in [-0.15, -0.1) is 0 Å². The zero-order valence-corrected chi connectivity index (χ0v) is 18.7. The number of esters is 1. The summed E-state index contributed by atoms with van der Waals surface area (Å²) in [6.07, 6.45) is 7.95. The van der Waals surface area contributed by atoms with E-state index in [1.807, 2.05) is 6.07 Å². The maximum absolute atomic E-state index is 13.2. The Labute approximate surface area is 187 Å². The van der Waals surface area contributed by atoms with E-state index < -0.39 is 16.0 Å². The molecule has 0 saturated heterocycles. The van der Waals surface area contributed by atoms with Crippen molar-refractivity contribution < 1.29 is 17.9 Å². The smallest absolute Gasteiger partial charge is 0.357 e. The van der Waals surface area contributed by atoms with Crippen molar-refractivity contribution in [3.63, 3.8) is 0 Å². The molecule has 1 heterocycles. The molecule has 0 unspecified atom stereocenters. The lowest BCUT2D eigenvalue weighted by Gasteiger charge is -2.56. The second-order valence-electron chi connectivity index (χ2n) is 9.58. The zero-order chi connectivity index (χ0) is 22.7. The second kappa shape index (κ2) is 7.36. The summed E-state index contributed by atoms with van der Waals surface area (Å²) in [5.74, 6) is 1.23. The predicted molar refractivity (Wildman–Crippen MR) is 117 cm³/mol. The van der Waals surface area contributed by atoms with Crippen molar-refractivity contribution in [1.29, 1.82) is 5.26 Å². The SMILES string of the molecule is COC(=O)c1c(N)c(C#N)cn1-c1ccc(S(=O)(=O)NC23CC4CC(CC(C4)C2)C3)cc1. The molecule has 0 amide bonds. The summed E-state index contributed by atoms with van der Waals surface area (Å²) in [5.41, 5.74) is 6.34. The quantitative estimate of drug-likeness (QED) is 0.669. The fraction of sp³-hybridized carbons (Fsp3) is 0.478. The Balaban J connectivity index is 1.43. The van der Waals surface area contributed by atoms with Gasteiger partial charge < -0.3 is 15.0 Å². The first-order valence-electron chi connectivity index (χ1n) is 10.9. The molecular formula is C23H26N4O4S. The number of methoxy groups -OCH3 is 1. The van der Waals surface area contributed by atoms with Crippen molar-refractivity contribution in [2.75, 3.05) is 12.8 Å². The maximum Gasteiger partial charge on any atom is 0.357 e. The summed E-state index contributed by atoms with van der Waals surface area (Å²) in [6, 6.07) is 8.18. The van der Waals surface area contributed by atoms with E-state index in [-0.39, 0.29) is 27.4 Å². The number of benzene rings is 1. The molecule has 4 fully saturated rings. The number of carbonyl (C=O) groups is 1. The number of hydrogen-bond acceptors (Lipinski definition) is 6. The van der Waals surface area contributed by atoms with E-state index in [4.69, 9.17) is 10.5 Å². The van der Waals surface area contributed by atoms with Gasteiger partial charge in [-0.1, -0.05) is 0 Å². The number of anilines is 1. The lowest BCUT2D eigenvalue weighted by atomic mass is 9.53. The average Bonchev–Trinajstić information content (AvgIpc) is 3.08. The van der Waals surface area contributed by atoms with E-state index in [9.17, 15) is 18.5 Å². The molecule has 4 aliphatic rings. The normalized spacial score (nSPS) is 28.4. The van der Waals surface area contributed by atoms with E-state index in [0.29, 0.717) is 23.4 Å². The third-order valence-corrected chi connectivity index (χ3v) is 8.95. The topological polar surface area (TPSA) is 127 Å². The first kappa shape index (κ1) is 21.0. The van der Waals surface area contributed by atoms with E-state index >= 15 is 0 Å². The highest BCUT2D eigenvalue weighted by Crippen LogP contribution is 2.56. The fourth-order valence-corrected chi connectivity index (χ4v) is 7.92. The molecule has 4 aliphatic carbocycles. The van der Waals surface area contributed by atoms with E-state index in [1.54, 1.807) is 12.1 Å². The Kier molecular flexibility index (Phi) is 4.84. The van der Waals surface area contributed by atoms with Crippen LogP contribution in [-0.4, -0.2) is 31.6 Å². The Hall–Kier alpha value is -2.83. The number of aromatic nitrogens is 1. The highest BCUT2D eigenvalue weighted by Gasteiger charge is 2.52. The van der Waals surface area contributed by atoms with Crippen LogP contribution in [0.2, 0.25) is 0 Å². The van der Waals surface area contributed by atoms with Crippen LogP contribution in [0.5, 0.6) is 0 Å². The van der Waals surface area contributed by atoms with Crippen LogP contribution in [0.25, 0.3) is 5.69 Å². The summed E-state index contributed by atoms with van der Waals surface area (Å²) >= 11 is 0. The van der Waals surface area contributed by atoms with Crippen LogP contribution >= 0.6 is 0 Å². The Bertz CT molecular complexity index is 1190. The van der Waals surface area contributed by atoms with Crippen molar-refractivity contribution in [1.82, 2.24) is 9.29 Å². The van der Waals surface area contributed by atoms with Gasteiger partial charge in [-0.25, -0.2) is 17.9 Å². The molecule has 0 spiro atoms. The number of ether oxygens (including phenoxy) is 1. The monoisotopic (exact) mass is 454 g/mol. The van der Waals surface area contributed by atoms with Crippen LogP contribution < -0.4 is 10.5 Å². The highest BCUT2D eigenvalue weighted by molar-refractivity contribution is 7.89. The number of nitrogens with two attached hydrogens (primary N) is 1. The minimum Gasteiger partial charge on any atom is -0.464 e. The molecule has 0 radical (unpaired) electrons. The molecule has 8 nitrogen and oxygen atoms in total. The number of nitrogens with zero attached hydrogens (tertiary/aromatic N) is 2. The average molecular weight is 455 g/mol. The van der Waals surface area contributed by atoms with E-state index in [1.165, 1.54) is 49.3 Å². The van der Waals surface area contributed by atoms with Crippen LogP contribution in [0.15, 0.2) is 35.4 Å².